The maximum Gasteiger partial charge on any atom is 0.407 e. The monoisotopic (exact) mass is 478 g/mol. The van der Waals surface area contributed by atoms with Crippen LogP contribution < -0.4 is 5.32 Å². The number of hydrogen-bond acceptors (Lipinski definition) is 4. The van der Waals surface area contributed by atoms with Crippen molar-refractivity contribution in [2.45, 2.75) is 69.9 Å². The van der Waals surface area contributed by atoms with Crippen LogP contribution in [0.3, 0.4) is 0 Å². The van der Waals surface area contributed by atoms with E-state index < -0.39 is 23.6 Å². The van der Waals surface area contributed by atoms with Crippen LogP contribution in [-0.4, -0.2) is 52.7 Å². The zero-order chi connectivity index (χ0) is 25.0. The third-order valence-electron chi connectivity index (χ3n) is 7.40. The number of benzene rings is 2. The Hall–Kier alpha value is -3.35. The Morgan fingerprint density at radius 3 is 2.34 bits per heavy atom. The number of carboxylic acids is 1. The molecule has 0 unspecified atom stereocenters. The second-order valence-corrected chi connectivity index (χ2v) is 9.74. The molecule has 1 fully saturated rings. The predicted molar refractivity (Wildman–Crippen MR) is 133 cm³/mol. The lowest BCUT2D eigenvalue weighted by atomic mass is 9.98. The first-order valence-corrected chi connectivity index (χ1v) is 12.5. The van der Waals surface area contributed by atoms with Gasteiger partial charge in [0, 0.05) is 24.9 Å². The van der Waals surface area contributed by atoms with E-state index in [4.69, 9.17) is 4.74 Å². The van der Waals surface area contributed by atoms with Gasteiger partial charge in [0.15, 0.2) is 0 Å². The fraction of sp³-hybridized carbons (Fsp3) is 0.464. The lowest BCUT2D eigenvalue weighted by Gasteiger charge is -2.32. The second-order valence-electron chi connectivity index (χ2n) is 9.74. The van der Waals surface area contributed by atoms with Crippen LogP contribution in [0.2, 0.25) is 0 Å². The van der Waals surface area contributed by atoms with Gasteiger partial charge in [0.05, 0.1) is 0 Å². The van der Waals surface area contributed by atoms with Crippen LogP contribution in [0.4, 0.5) is 4.79 Å². The molecule has 2 N–H and O–H groups in total. The number of rotatable bonds is 9. The Morgan fingerprint density at radius 1 is 1.11 bits per heavy atom. The first-order valence-electron chi connectivity index (χ1n) is 12.5. The van der Waals surface area contributed by atoms with Gasteiger partial charge in [0.1, 0.15) is 12.1 Å². The number of nitrogens with zero attached hydrogens (tertiary/aromatic N) is 1. The molecule has 7 heteroatoms. The molecule has 2 atom stereocenters. The molecule has 2 amide bonds. The number of carboxylic acid groups (broad SMARTS) is 1. The van der Waals surface area contributed by atoms with Crippen LogP contribution in [0.25, 0.3) is 11.1 Å². The van der Waals surface area contributed by atoms with Crippen molar-refractivity contribution in [3.8, 4) is 11.1 Å². The van der Waals surface area contributed by atoms with Gasteiger partial charge in [-0.15, -0.1) is 0 Å². The van der Waals surface area contributed by atoms with E-state index in [1.165, 1.54) is 4.90 Å². The minimum absolute atomic E-state index is 0.0373. The lowest BCUT2D eigenvalue weighted by molar-refractivity contribution is -0.155. The molecule has 0 spiro atoms. The van der Waals surface area contributed by atoms with E-state index in [-0.39, 0.29) is 24.9 Å². The van der Waals surface area contributed by atoms with Gasteiger partial charge in [0.2, 0.25) is 5.91 Å². The van der Waals surface area contributed by atoms with Gasteiger partial charge < -0.3 is 20.1 Å². The topological polar surface area (TPSA) is 95.9 Å². The van der Waals surface area contributed by atoms with Crippen LogP contribution in [0.1, 0.15) is 69.4 Å². The quantitative estimate of drug-likeness (QED) is 0.532. The Kier molecular flexibility index (Phi) is 7.43. The third-order valence-corrected chi connectivity index (χ3v) is 7.40. The summed E-state index contributed by atoms with van der Waals surface area (Å²) in [6.07, 6.45) is 3.01. The Labute approximate surface area is 206 Å². The molecule has 0 aromatic heterocycles. The number of aliphatic carboxylic acids is 1. The van der Waals surface area contributed by atoms with Gasteiger partial charge in [-0.3, -0.25) is 4.79 Å². The second kappa shape index (κ2) is 10.5. The Balaban J connectivity index is 1.40. The van der Waals surface area contributed by atoms with Crippen molar-refractivity contribution < 1.29 is 24.2 Å². The van der Waals surface area contributed by atoms with Gasteiger partial charge in [-0.05, 0) is 48.4 Å². The third kappa shape index (κ3) is 5.04. The average Bonchev–Trinajstić information content (AvgIpc) is 3.40. The first kappa shape index (κ1) is 24.8. The number of carbonyl (C=O) groups is 3. The largest absolute Gasteiger partial charge is 0.480 e. The summed E-state index contributed by atoms with van der Waals surface area (Å²) in [4.78, 5) is 39.0. The van der Waals surface area contributed by atoms with Gasteiger partial charge in [0.25, 0.3) is 0 Å². The summed E-state index contributed by atoms with van der Waals surface area (Å²) >= 11 is 0. The van der Waals surface area contributed by atoms with E-state index in [0.29, 0.717) is 25.8 Å². The molecule has 186 valence electrons. The van der Waals surface area contributed by atoms with Crippen LogP contribution in [0.5, 0.6) is 0 Å². The molecule has 4 rings (SSSR count). The van der Waals surface area contributed by atoms with E-state index in [1.54, 1.807) is 6.92 Å². The van der Waals surface area contributed by atoms with E-state index in [9.17, 15) is 19.5 Å². The average molecular weight is 479 g/mol. The fourth-order valence-electron chi connectivity index (χ4n) is 5.39. The van der Waals surface area contributed by atoms with Crippen LogP contribution in [-0.2, 0) is 14.3 Å². The van der Waals surface area contributed by atoms with E-state index >= 15 is 0 Å². The first-order chi connectivity index (χ1) is 16.8. The normalized spacial score (nSPS) is 19.7. The molecule has 0 saturated carbocycles. The summed E-state index contributed by atoms with van der Waals surface area (Å²) in [5, 5.41) is 12.5. The Bertz CT molecular complexity index is 1050. The number of fused-ring (bicyclic) bond motifs is 3. The summed E-state index contributed by atoms with van der Waals surface area (Å²) < 4.78 is 5.67. The molecule has 0 bridgehead atoms. The number of unbranched alkanes of at least 4 members (excludes halogenated alkanes) is 1. The molecule has 1 heterocycles. The van der Waals surface area contributed by atoms with E-state index in [1.807, 2.05) is 31.2 Å². The van der Waals surface area contributed by atoms with Crippen molar-refractivity contribution >= 4 is 18.0 Å². The number of ether oxygens (including phenoxy) is 1. The molecule has 1 aliphatic carbocycles. The lowest BCUT2D eigenvalue weighted by Crippen LogP contribution is -2.52. The van der Waals surface area contributed by atoms with Crippen LogP contribution in [0, 0.1) is 0 Å². The van der Waals surface area contributed by atoms with Gasteiger partial charge in [-0.2, -0.15) is 0 Å². The molecule has 2 aliphatic rings. The fourth-order valence-corrected chi connectivity index (χ4v) is 5.39. The van der Waals surface area contributed by atoms with Crippen molar-refractivity contribution in [3.63, 3.8) is 0 Å². The minimum Gasteiger partial charge on any atom is -0.480 e. The van der Waals surface area contributed by atoms with E-state index in [2.05, 4.69) is 29.6 Å². The zero-order valence-electron chi connectivity index (χ0n) is 20.5. The van der Waals surface area contributed by atoms with Crippen molar-refractivity contribution in [2.24, 2.45) is 0 Å². The summed E-state index contributed by atoms with van der Waals surface area (Å²) in [7, 11) is 0. The number of hydrogen-bond donors (Lipinski definition) is 2. The number of alkyl carbamates (subject to hydrolysis) is 1. The molecular formula is C28H34N2O5. The predicted octanol–water partition coefficient (Wildman–Crippen LogP) is 4.94. The molecular weight excluding hydrogens is 444 g/mol. The highest BCUT2D eigenvalue weighted by molar-refractivity contribution is 5.88. The van der Waals surface area contributed by atoms with Gasteiger partial charge in [-0.1, -0.05) is 68.3 Å². The van der Waals surface area contributed by atoms with Gasteiger partial charge >= 0.3 is 12.1 Å². The molecule has 7 nitrogen and oxygen atoms in total. The highest BCUT2D eigenvalue weighted by Crippen LogP contribution is 2.44. The molecule has 2 aromatic rings. The summed E-state index contributed by atoms with van der Waals surface area (Å²) in [6.45, 7) is 4.28. The molecule has 0 radical (unpaired) electrons. The highest BCUT2D eigenvalue weighted by Gasteiger charge is 2.46. The van der Waals surface area contributed by atoms with Crippen LogP contribution >= 0.6 is 0 Å². The summed E-state index contributed by atoms with van der Waals surface area (Å²) in [5.74, 6) is -1.27. The van der Waals surface area contributed by atoms with Gasteiger partial charge in [-0.25, -0.2) is 9.59 Å². The molecule has 1 saturated heterocycles. The zero-order valence-corrected chi connectivity index (χ0v) is 20.5. The molecule has 1 aliphatic heterocycles. The van der Waals surface area contributed by atoms with Crippen molar-refractivity contribution in [1.29, 1.82) is 0 Å². The number of amides is 2. The SMILES string of the molecule is CCCC[C@H](CC(=O)N1CCC[C@@]1(C)C(=O)O)NC(=O)OCC1c2ccccc2-c2ccccc21. The highest BCUT2D eigenvalue weighted by atomic mass is 16.5. The smallest absolute Gasteiger partial charge is 0.407 e. The van der Waals surface area contributed by atoms with Crippen molar-refractivity contribution in [3.05, 3.63) is 59.7 Å². The Morgan fingerprint density at radius 2 is 1.74 bits per heavy atom. The maximum absolute atomic E-state index is 13.0. The standard InChI is InChI=1S/C28H34N2O5/c1-3-4-10-19(17-25(31)30-16-9-15-28(30,2)26(32)33)29-27(34)35-18-24-22-13-7-5-11-20(22)21-12-6-8-14-23(21)24/h5-8,11-14,19,24H,3-4,9-10,15-18H2,1-2H3,(H,29,34)(H,32,33)/t19-,28+/m1/s1. The number of likely N-dealkylation sites (tertiary alicyclic amines) is 1. The van der Waals surface area contributed by atoms with Crippen molar-refractivity contribution in [2.75, 3.05) is 13.2 Å². The number of carbonyl (C=O) groups excluding carboxylic acids is 2. The van der Waals surface area contributed by atoms with Crippen molar-refractivity contribution in [1.82, 2.24) is 10.2 Å². The molecule has 2 aromatic carbocycles. The summed E-state index contributed by atoms with van der Waals surface area (Å²) in [6, 6.07) is 15.9. The molecule has 35 heavy (non-hydrogen) atoms. The minimum atomic E-state index is -1.18. The number of nitrogens with one attached hydrogen (secondary N) is 1. The van der Waals surface area contributed by atoms with Crippen LogP contribution in [0.15, 0.2) is 48.5 Å². The summed E-state index contributed by atoms with van der Waals surface area (Å²) in [5.41, 5.74) is 3.42. The maximum atomic E-state index is 13.0. The van der Waals surface area contributed by atoms with E-state index in [0.717, 1.165) is 35.1 Å².